The standard InChI is InChI=1S/C14H25N3S/c1-3-4-5-6-10-16-14(15-2)17-11-9-13-8-7-12-18-13/h7-8,12H,3-6,9-11H2,1-2H3,(H2,15,16,17). The van der Waals surface area contributed by atoms with Crippen molar-refractivity contribution in [3.8, 4) is 0 Å². The first kappa shape index (κ1) is 15.0. The topological polar surface area (TPSA) is 36.4 Å². The molecule has 0 saturated carbocycles. The summed E-state index contributed by atoms with van der Waals surface area (Å²) in [5.74, 6) is 0.919. The molecule has 3 nitrogen and oxygen atoms in total. The molecule has 0 spiro atoms. The van der Waals surface area contributed by atoms with Gasteiger partial charge in [0.2, 0.25) is 0 Å². The number of rotatable bonds is 8. The number of nitrogens with one attached hydrogen (secondary N) is 2. The van der Waals surface area contributed by atoms with E-state index >= 15 is 0 Å². The SMILES string of the molecule is CCCCCCNC(=NC)NCCc1cccs1. The second-order valence-corrected chi connectivity index (χ2v) is 5.35. The van der Waals surface area contributed by atoms with Crippen molar-refractivity contribution in [3.63, 3.8) is 0 Å². The Morgan fingerprint density at radius 1 is 1.22 bits per heavy atom. The van der Waals surface area contributed by atoms with E-state index < -0.39 is 0 Å². The van der Waals surface area contributed by atoms with Gasteiger partial charge in [-0.05, 0) is 24.3 Å². The van der Waals surface area contributed by atoms with Gasteiger partial charge in [0.1, 0.15) is 0 Å². The molecule has 4 heteroatoms. The van der Waals surface area contributed by atoms with Gasteiger partial charge in [0, 0.05) is 25.0 Å². The number of hydrogen-bond acceptors (Lipinski definition) is 2. The Labute approximate surface area is 115 Å². The normalized spacial score (nSPS) is 11.6. The predicted octanol–water partition coefficient (Wildman–Crippen LogP) is 3.04. The number of hydrogen-bond donors (Lipinski definition) is 2. The van der Waals surface area contributed by atoms with E-state index in [0.29, 0.717) is 0 Å². The van der Waals surface area contributed by atoms with Gasteiger partial charge in [-0.15, -0.1) is 11.3 Å². The van der Waals surface area contributed by atoms with Gasteiger partial charge in [-0.2, -0.15) is 0 Å². The third-order valence-corrected chi connectivity index (χ3v) is 3.73. The first-order valence-electron chi connectivity index (χ1n) is 6.83. The number of nitrogens with zero attached hydrogens (tertiary/aromatic N) is 1. The lowest BCUT2D eigenvalue weighted by atomic mass is 10.2. The van der Waals surface area contributed by atoms with Crippen LogP contribution in [0.3, 0.4) is 0 Å². The van der Waals surface area contributed by atoms with Gasteiger partial charge in [-0.3, -0.25) is 4.99 Å². The van der Waals surface area contributed by atoms with Gasteiger partial charge in [-0.1, -0.05) is 32.3 Å². The van der Waals surface area contributed by atoms with Crippen LogP contribution in [0.25, 0.3) is 0 Å². The molecule has 0 aromatic carbocycles. The summed E-state index contributed by atoms with van der Waals surface area (Å²) in [6.45, 7) is 4.19. The highest BCUT2D eigenvalue weighted by molar-refractivity contribution is 7.09. The Hall–Kier alpha value is -1.03. The van der Waals surface area contributed by atoms with E-state index in [2.05, 4.69) is 40.1 Å². The van der Waals surface area contributed by atoms with Crippen molar-refractivity contribution in [1.82, 2.24) is 10.6 Å². The predicted molar refractivity (Wildman–Crippen MR) is 81.5 cm³/mol. The summed E-state index contributed by atoms with van der Waals surface area (Å²) in [5, 5.41) is 8.82. The Morgan fingerprint density at radius 3 is 2.72 bits per heavy atom. The molecule has 0 aliphatic carbocycles. The van der Waals surface area contributed by atoms with E-state index in [4.69, 9.17) is 0 Å². The molecule has 0 aliphatic rings. The summed E-state index contributed by atoms with van der Waals surface area (Å²) in [7, 11) is 1.83. The van der Waals surface area contributed by atoms with Gasteiger partial charge in [-0.25, -0.2) is 0 Å². The van der Waals surface area contributed by atoms with Crippen LogP contribution in [0.2, 0.25) is 0 Å². The van der Waals surface area contributed by atoms with E-state index in [1.54, 1.807) is 0 Å². The fourth-order valence-electron chi connectivity index (χ4n) is 1.74. The van der Waals surface area contributed by atoms with Crippen molar-refractivity contribution in [2.24, 2.45) is 4.99 Å². The minimum Gasteiger partial charge on any atom is -0.356 e. The lowest BCUT2D eigenvalue weighted by Crippen LogP contribution is -2.38. The number of aliphatic imine (C=N–C) groups is 1. The second-order valence-electron chi connectivity index (χ2n) is 4.32. The summed E-state index contributed by atoms with van der Waals surface area (Å²) >= 11 is 1.81. The minimum absolute atomic E-state index is 0.919. The Morgan fingerprint density at radius 2 is 2.06 bits per heavy atom. The molecular weight excluding hydrogens is 242 g/mol. The number of thiophene rings is 1. The van der Waals surface area contributed by atoms with Crippen molar-refractivity contribution < 1.29 is 0 Å². The van der Waals surface area contributed by atoms with Crippen LogP contribution in [-0.2, 0) is 6.42 Å². The Balaban J connectivity index is 2.06. The van der Waals surface area contributed by atoms with Crippen molar-refractivity contribution in [1.29, 1.82) is 0 Å². The van der Waals surface area contributed by atoms with Gasteiger partial charge in [0.15, 0.2) is 5.96 Å². The average Bonchev–Trinajstić information content (AvgIpc) is 2.89. The fraction of sp³-hybridized carbons (Fsp3) is 0.643. The zero-order valence-corrected chi connectivity index (χ0v) is 12.4. The van der Waals surface area contributed by atoms with Gasteiger partial charge >= 0.3 is 0 Å². The molecule has 0 aliphatic heterocycles. The second kappa shape index (κ2) is 9.95. The Bertz CT molecular complexity index is 320. The van der Waals surface area contributed by atoms with Crippen molar-refractivity contribution in [3.05, 3.63) is 22.4 Å². The minimum atomic E-state index is 0.919. The molecular formula is C14H25N3S. The molecule has 1 aromatic heterocycles. The summed E-state index contributed by atoms with van der Waals surface area (Å²) in [6.07, 6.45) is 6.20. The summed E-state index contributed by atoms with van der Waals surface area (Å²) < 4.78 is 0. The maximum absolute atomic E-state index is 4.22. The van der Waals surface area contributed by atoms with Crippen LogP contribution in [0.5, 0.6) is 0 Å². The van der Waals surface area contributed by atoms with E-state index in [1.165, 1.54) is 30.6 Å². The first-order valence-corrected chi connectivity index (χ1v) is 7.71. The number of unbranched alkanes of at least 4 members (excludes halogenated alkanes) is 3. The molecule has 0 radical (unpaired) electrons. The first-order chi connectivity index (χ1) is 8.86. The van der Waals surface area contributed by atoms with Gasteiger partial charge < -0.3 is 10.6 Å². The molecule has 0 saturated heterocycles. The monoisotopic (exact) mass is 267 g/mol. The van der Waals surface area contributed by atoms with E-state index in [1.807, 2.05) is 18.4 Å². The highest BCUT2D eigenvalue weighted by atomic mass is 32.1. The summed E-state index contributed by atoms with van der Waals surface area (Å²) in [5.41, 5.74) is 0. The smallest absolute Gasteiger partial charge is 0.190 e. The van der Waals surface area contributed by atoms with E-state index in [9.17, 15) is 0 Å². The van der Waals surface area contributed by atoms with Crippen LogP contribution in [0.1, 0.15) is 37.5 Å². The molecule has 0 atom stereocenters. The average molecular weight is 267 g/mol. The zero-order chi connectivity index (χ0) is 13.1. The maximum atomic E-state index is 4.22. The van der Waals surface area contributed by atoms with Crippen LogP contribution >= 0.6 is 11.3 Å². The maximum Gasteiger partial charge on any atom is 0.190 e. The molecule has 102 valence electrons. The largest absolute Gasteiger partial charge is 0.356 e. The Kier molecular flexibility index (Phi) is 8.30. The molecule has 1 rings (SSSR count). The lowest BCUT2D eigenvalue weighted by molar-refractivity contribution is 0.647. The van der Waals surface area contributed by atoms with Crippen LogP contribution in [0.15, 0.2) is 22.5 Å². The third kappa shape index (κ3) is 6.64. The van der Waals surface area contributed by atoms with Crippen molar-refractivity contribution in [2.75, 3.05) is 20.1 Å². The van der Waals surface area contributed by atoms with Crippen LogP contribution < -0.4 is 10.6 Å². The zero-order valence-electron chi connectivity index (χ0n) is 11.5. The molecule has 0 amide bonds. The van der Waals surface area contributed by atoms with Crippen LogP contribution in [-0.4, -0.2) is 26.1 Å². The molecule has 0 bridgehead atoms. The summed E-state index contributed by atoms with van der Waals surface area (Å²) in [6, 6.07) is 4.27. The molecule has 1 aromatic rings. The molecule has 2 N–H and O–H groups in total. The number of guanidine groups is 1. The lowest BCUT2D eigenvalue weighted by Gasteiger charge is -2.11. The van der Waals surface area contributed by atoms with Crippen LogP contribution in [0.4, 0.5) is 0 Å². The van der Waals surface area contributed by atoms with Crippen molar-refractivity contribution >= 4 is 17.3 Å². The van der Waals surface area contributed by atoms with E-state index in [-0.39, 0.29) is 0 Å². The fourth-order valence-corrected chi connectivity index (χ4v) is 2.45. The molecule has 0 fully saturated rings. The molecule has 0 unspecified atom stereocenters. The highest BCUT2D eigenvalue weighted by Crippen LogP contribution is 2.07. The van der Waals surface area contributed by atoms with Gasteiger partial charge in [0.25, 0.3) is 0 Å². The van der Waals surface area contributed by atoms with Gasteiger partial charge in [0.05, 0.1) is 0 Å². The molecule has 18 heavy (non-hydrogen) atoms. The van der Waals surface area contributed by atoms with Crippen molar-refractivity contribution in [2.45, 2.75) is 39.0 Å². The van der Waals surface area contributed by atoms with E-state index in [0.717, 1.165) is 25.5 Å². The third-order valence-electron chi connectivity index (χ3n) is 2.79. The quantitative estimate of drug-likeness (QED) is 0.431. The van der Waals surface area contributed by atoms with Crippen LogP contribution in [0, 0.1) is 0 Å². The highest BCUT2D eigenvalue weighted by Gasteiger charge is 1.97. The summed E-state index contributed by atoms with van der Waals surface area (Å²) in [4.78, 5) is 5.64. The molecule has 1 heterocycles.